The van der Waals surface area contributed by atoms with Crippen molar-refractivity contribution in [2.75, 3.05) is 13.6 Å². The van der Waals surface area contributed by atoms with E-state index in [1.165, 1.54) is 12.8 Å². The van der Waals surface area contributed by atoms with Crippen LogP contribution in [0.15, 0.2) is 0 Å². The zero-order valence-electron chi connectivity index (χ0n) is 9.19. The van der Waals surface area contributed by atoms with E-state index in [0.717, 1.165) is 0 Å². The van der Waals surface area contributed by atoms with Crippen molar-refractivity contribution in [2.24, 2.45) is 11.7 Å². The second kappa shape index (κ2) is 4.64. The minimum absolute atomic E-state index is 0.0671. The first kappa shape index (κ1) is 11.3. The lowest BCUT2D eigenvalue weighted by molar-refractivity contribution is 0.0702. The molecule has 0 aromatic heterocycles. The number of carbonyl (C=O) groups excluding carboxylic acids is 1. The Labute approximate surface area is 85.4 Å². The molecular formula is C10H20N2O2. The lowest BCUT2D eigenvalue weighted by Gasteiger charge is -2.27. The molecular weight excluding hydrogens is 180 g/mol. The first-order valence-electron chi connectivity index (χ1n) is 5.19. The first-order valence-corrected chi connectivity index (χ1v) is 5.19. The summed E-state index contributed by atoms with van der Waals surface area (Å²) < 4.78 is 5.10. The van der Waals surface area contributed by atoms with Gasteiger partial charge in [0, 0.05) is 19.6 Å². The molecule has 0 aromatic carbocycles. The minimum atomic E-state index is -0.262. The topological polar surface area (TPSA) is 55.6 Å². The van der Waals surface area contributed by atoms with Gasteiger partial charge in [0.2, 0.25) is 0 Å². The average Bonchev–Trinajstić information content (AvgIpc) is 2.88. The standard InChI is InChI=1S/C10H20N2O2/c1-7(2)14-10(13)12(3)9(6-11)8-4-5-8/h7-9H,4-6,11H2,1-3H3. The van der Waals surface area contributed by atoms with E-state index >= 15 is 0 Å². The molecule has 4 nitrogen and oxygen atoms in total. The molecule has 1 aliphatic rings. The molecule has 0 radical (unpaired) electrons. The van der Waals surface area contributed by atoms with Gasteiger partial charge in [0.15, 0.2) is 0 Å². The van der Waals surface area contributed by atoms with E-state index in [-0.39, 0.29) is 18.2 Å². The maximum Gasteiger partial charge on any atom is 0.410 e. The molecule has 0 bridgehead atoms. The summed E-state index contributed by atoms with van der Waals surface area (Å²) in [7, 11) is 1.76. The van der Waals surface area contributed by atoms with E-state index in [2.05, 4.69) is 0 Å². The number of nitrogens with two attached hydrogens (primary N) is 1. The second-order valence-corrected chi connectivity index (χ2v) is 4.18. The van der Waals surface area contributed by atoms with E-state index in [9.17, 15) is 4.79 Å². The second-order valence-electron chi connectivity index (χ2n) is 4.18. The van der Waals surface area contributed by atoms with Crippen molar-refractivity contribution in [3.8, 4) is 0 Å². The van der Waals surface area contributed by atoms with Crippen LogP contribution in [-0.2, 0) is 4.74 Å². The van der Waals surface area contributed by atoms with Crippen molar-refractivity contribution >= 4 is 6.09 Å². The lowest BCUT2D eigenvalue weighted by atomic mass is 10.2. The Bertz CT molecular complexity index is 202. The molecule has 0 saturated heterocycles. The van der Waals surface area contributed by atoms with E-state index in [4.69, 9.17) is 10.5 Å². The van der Waals surface area contributed by atoms with Crippen molar-refractivity contribution in [1.29, 1.82) is 0 Å². The average molecular weight is 200 g/mol. The maximum absolute atomic E-state index is 11.5. The van der Waals surface area contributed by atoms with Crippen molar-refractivity contribution in [3.05, 3.63) is 0 Å². The first-order chi connectivity index (χ1) is 6.56. The van der Waals surface area contributed by atoms with Crippen LogP contribution in [0, 0.1) is 5.92 Å². The van der Waals surface area contributed by atoms with Gasteiger partial charge in [-0.3, -0.25) is 0 Å². The number of likely N-dealkylation sites (N-methyl/N-ethyl adjacent to an activating group) is 1. The summed E-state index contributed by atoms with van der Waals surface area (Å²) in [5, 5.41) is 0. The molecule has 1 unspecified atom stereocenters. The summed E-state index contributed by atoms with van der Waals surface area (Å²) in [6, 6.07) is 0.154. The molecule has 82 valence electrons. The van der Waals surface area contributed by atoms with E-state index in [1.807, 2.05) is 13.8 Å². The van der Waals surface area contributed by atoms with Crippen molar-refractivity contribution in [1.82, 2.24) is 4.90 Å². The smallest absolute Gasteiger partial charge is 0.410 e. The Morgan fingerprint density at radius 3 is 2.50 bits per heavy atom. The molecule has 1 amide bonds. The highest BCUT2D eigenvalue weighted by atomic mass is 16.6. The van der Waals surface area contributed by atoms with Gasteiger partial charge in [0.1, 0.15) is 0 Å². The molecule has 0 aromatic rings. The van der Waals surface area contributed by atoms with Crippen LogP contribution in [0.1, 0.15) is 26.7 Å². The molecule has 14 heavy (non-hydrogen) atoms. The van der Waals surface area contributed by atoms with E-state index in [1.54, 1.807) is 11.9 Å². The van der Waals surface area contributed by atoms with E-state index < -0.39 is 0 Å². The van der Waals surface area contributed by atoms with Gasteiger partial charge in [-0.05, 0) is 32.6 Å². The molecule has 1 rings (SSSR count). The summed E-state index contributed by atoms with van der Waals surface area (Å²) >= 11 is 0. The number of amides is 1. The summed E-state index contributed by atoms with van der Waals surface area (Å²) in [4.78, 5) is 13.2. The predicted molar refractivity (Wildman–Crippen MR) is 54.9 cm³/mol. The van der Waals surface area contributed by atoms with Crippen LogP contribution < -0.4 is 5.73 Å². The third-order valence-electron chi connectivity index (χ3n) is 2.53. The number of ether oxygens (including phenoxy) is 1. The number of nitrogens with zero attached hydrogens (tertiary/aromatic N) is 1. The SMILES string of the molecule is CC(C)OC(=O)N(C)C(CN)C1CC1. The third kappa shape index (κ3) is 2.87. The number of carbonyl (C=O) groups is 1. The van der Waals surface area contributed by atoms with Gasteiger partial charge >= 0.3 is 6.09 Å². The van der Waals surface area contributed by atoms with Crippen molar-refractivity contribution < 1.29 is 9.53 Å². The molecule has 0 spiro atoms. The van der Waals surface area contributed by atoms with Crippen LogP contribution in [0.5, 0.6) is 0 Å². The van der Waals surface area contributed by atoms with Gasteiger partial charge < -0.3 is 15.4 Å². The van der Waals surface area contributed by atoms with Gasteiger partial charge in [-0.25, -0.2) is 4.79 Å². The lowest BCUT2D eigenvalue weighted by Crippen LogP contribution is -2.44. The highest BCUT2D eigenvalue weighted by molar-refractivity contribution is 5.68. The fraction of sp³-hybridized carbons (Fsp3) is 0.900. The van der Waals surface area contributed by atoms with Crippen LogP contribution in [0.3, 0.4) is 0 Å². The van der Waals surface area contributed by atoms with Crippen LogP contribution in [0.4, 0.5) is 4.79 Å². The predicted octanol–water partition coefficient (Wildman–Crippen LogP) is 1.20. The fourth-order valence-electron chi connectivity index (χ4n) is 1.57. The van der Waals surface area contributed by atoms with Gasteiger partial charge in [-0.1, -0.05) is 0 Å². The molecule has 0 heterocycles. The third-order valence-corrected chi connectivity index (χ3v) is 2.53. The summed E-state index contributed by atoms with van der Waals surface area (Å²) in [5.74, 6) is 0.588. The number of rotatable bonds is 4. The van der Waals surface area contributed by atoms with Crippen molar-refractivity contribution in [2.45, 2.75) is 38.8 Å². The summed E-state index contributed by atoms with van der Waals surface area (Å²) in [5.41, 5.74) is 5.63. The fourth-order valence-corrected chi connectivity index (χ4v) is 1.57. The van der Waals surface area contributed by atoms with Gasteiger partial charge in [0.05, 0.1) is 6.10 Å². The Kier molecular flexibility index (Phi) is 3.75. The van der Waals surface area contributed by atoms with Gasteiger partial charge in [-0.2, -0.15) is 0 Å². The van der Waals surface area contributed by atoms with Crippen molar-refractivity contribution in [3.63, 3.8) is 0 Å². The quantitative estimate of drug-likeness (QED) is 0.742. The summed E-state index contributed by atoms with van der Waals surface area (Å²) in [6.45, 7) is 4.22. The van der Waals surface area contributed by atoms with Crippen LogP contribution in [0.25, 0.3) is 0 Å². The van der Waals surface area contributed by atoms with Crippen LogP contribution >= 0.6 is 0 Å². The van der Waals surface area contributed by atoms with Gasteiger partial charge in [-0.15, -0.1) is 0 Å². The highest BCUT2D eigenvalue weighted by Gasteiger charge is 2.35. The Balaban J connectivity index is 2.44. The Morgan fingerprint density at radius 1 is 1.57 bits per heavy atom. The largest absolute Gasteiger partial charge is 0.447 e. The molecule has 1 aliphatic carbocycles. The number of hydrogen-bond acceptors (Lipinski definition) is 3. The van der Waals surface area contributed by atoms with Gasteiger partial charge in [0.25, 0.3) is 0 Å². The Morgan fingerprint density at radius 2 is 2.14 bits per heavy atom. The van der Waals surface area contributed by atoms with E-state index in [0.29, 0.717) is 12.5 Å². The van der Waals surface area contributed by atoms with Crippen LogP contribution in [0.2, 0.25) is 0 Å². The zero-order valence-corrected chi connectivity index (χ0v) is 9.19. The molecule has 0 aliphatic heterocycles. The molecule has 1 saturated carbocycles. The summed E-state index contributed by atoms with van der Waals surface area (Å²) in [6.07, 6.45) is 2.03. The number of hydrogen-bond donors (Lipinski definition) is 1. The molecule has 1 fully saturated rings. The zero-order chi connectivity index (χ0) is 10.7. The van der Waals surface area contributed by atoms with Crippen LogP contribution in [-0.4, -0.2) is 36.7 Å². The molecule has 1 atom stereocenters. The molecule has 2 N–H and O–H groups in total. The normalized spacial score (nSPS) is 18.1. The maximum atomic E-state index is 11.5. The monoisotopic (exact) mass is 200 g/mol. The highest BCUT2D eigenvalue weighted by Crippen LogP contribution is 2.34. The minimum Gasteiger partial charge on any atom is -0.447 e. The Hall–Kier alpha value is -0.770. The molecule has 4 heteroatoms.